The van der Waals surface area contributed by atoms with Crippen molar-refractivity contribution in [2.45, 2.75) is 52.7 Å². The molecule has 1 aromatic heterocycles. The average molecular weight is 639 g/mol. The number of carbonyl (C=O) groups excluding carboxylic acids is 1. The van der Waals surface area contributed by atoms with Crippen molar-refractivity contribution >= 4 is 22.4 Å². The molecule has 0 saturated carbocycles. The molecule has 2 N–H and O–H groups in total. The first-order valence-corrected chi connectivity index (χ1v) is 16.7. The third-order valence-corrected chi connectivity index (χ3v) is 9.66. The summed E-state index contributed by atoms with van der Waals surface area (Å²) in [5.74, 6) is 0.445. The van der Waals surface area contributed by atoms with Crippen LogP contribution in [0.4, 0.5) is 5.69 Å². The molecule has 4 aromatic rings. The molecule has 9 heteroatoms. The molecule has 248 valence electrons. The minimum atomic E-state index is -0.219. The molecule has 2 fully saturated rings. The van der Waals surface area contributed by atoms with Crippen LogP contribution in [0.15, 0.2) is 59.4 Å². The van der Waals surface area contributed by atoms with Crippen molar-refractivity contribution in [2.75, 3.05) is 58.1 Å². The molecule has 0 atom stereocenters. The lowest BCUT2D eigenvalue weighted by Gasteiger charge is -2.37. The van der Waals surface area contributed by atoms with Crippen molar-refractivity contribution in [1.82, 2.24) is 15.2 Å². The van der Waals surface area contributed by atoms with Crippen LogP contribution in [-0.2, 0) is 22.6 Å². The molecule has 9 nitrogen and oxygen atoms in total. The predicted molar refractivity (Wildman–Crippen MR) is 187 cm³/mol. The van der Waals surface area contributed by atoms with E-state index in [1.807, 2.05) is 38.1 Å². The smallest absolute Gasteiger partial charge is 0.253 e. The van der Waals surface area contributed by atoms with Crippen LogP contribution in [0.25, 0.3) is 21.9 Å². The monoisotopic (exact) mass is 638 g/mol. The first-order valence-electron chi connectivity index (χ1n) is 16.7. The van der Waals surface area contributed by atoms with Gasteiger partial charge < -0.3 is 29.4 Å². The van der Waals surface area contributed by atoms with Gasteiger partial charge in [-0.3, -0.25) is 14.5 Å². The second kappa shape index (κ2) is 14.7. The largest absolute Gasteiger partial charge is 0.497 e. The number of H-pyrrole nitrogens is 1. The number of methoxy groups -OCH3 is 1. The van der Waals surface area contributed by atoms with Gasteiger partial charge in [0, 0.05) is 79.9 Å². The highest BCUT2D eigenvalue weighted by Gasteiger charge is 2.25. The highest BCUT2D eigenvalue weighted by molar-refractivity contribution is 5.99. The molecule has 6 rings (SSSR count). The minimum Gasteiger partial charge on any atom is -0.497 e. The Morgan fingerprint density at radius 2 is 1.68 bits per heavy atom. The Hall–Kier alpha value is -4.18. The lowest BCUT2D eigenvalue weighted by molar-refractivity contribution is 0.0342. The van der Waals surface area contributed by atoms with Crippen LogP contribution in [0.1, 0.15) is 52.5 Å². The fourth-order valence-electron chi connectivity index (χ4n) is 6.94. The molecule has 2 aliphatic rings. The third kappa shape index (κ3) is 7.22. The first-order chi connectivity index (χ1) is 22.9. The number of fused-ring (bicyclic) bond motifs is 1. The number of benzene rings is 3. The number of rotatable bonds is 10. The molecule has 0 bridgehead atoms. The molecule has 0 radical (unpaired) electrons. The Balaban J connectivity index is 1.34. The molecule has 2 saturated heterocycles. The van der Waals surface area contributed by atoms with Crippen LogP contribution in [-0.4, -0.2) is 75.0 Å². The predicted octanol–water partition coefficient (Wildman–Crippen LogP) is 5.59. The van der Waals surface area contributed by atoms with Crippen molar-refractivity contribution in [3.8, 4) is 16.9 Å². The SMILES string of the molecule is CCN(c1cc(-c2ccc(CN3CCOCC3)cc2)cc(C(=O)NCc2c(=O)[nH]c(C)c3ccc(OC)cc23)c1C)C1CCOCC1. The number of morpholine rings is 1. The maximum Gasteiger partial charge on any atom is 0.253 e. The summed E-state index contributed by atoms with van der Waals surface area (Å²) >= 11 is 0. The number of aromatic amines is 1. The van der Waals surface area contributed by atoms with E-state index in [2.05, 4.69) is 57.4 Å². The fraction of sp³-hybridized carbons (Fsp3) is 0.421. The number of aromatic nitrogens is 1. The first kappa shape index (κ1) is 32.7. The van der Waals surface area contributed by atoms with E-state index in [1.165, 1.54) is 5.56 Å². The van der Waals surface area contributed by atoms with Gasteiger partial charge in [-0.2, -0.15) is 0 Å². The van der Waals surface area contributed by atoms with Crippen LogP contribution >= 0.6 is 0 Å². The summed E-state index contributed by atoms with van der Waals surface area (Å²) in [5, 5.41) is 4.78. The van der Waals surface area contributed by atoms with Gasteiger partial charge in [0.1, 0.15) is 5.75 Å². The number of aryl methyl sites for hydroxylation is 1. The highest BCUT2D eigenvalue weighted by Crippen LogP contribution is 2.34. The molecule has 1 amide bonds. The Labute approximate surface area is 276 Å². The van der Waals surface area contributed by atoms with E-state index < -0.39 is 0 Å². The number of ether oxygens (including phenoxy) is 3. The summed E-state index contributed by atoms with van der Waals surface area (Å²) in [6, 6.07) is 18.9. The van der Waals surface area contributed by atoms with E-state index in [9.17, 15) is 9.59 Å². The molecule has 47 heavy (non-hydrogen) atoms. The number of pyridine rings is 1. The maximum atomic E-state index is 14.1. The van der Waals surface area contributed by atoms with E-state index in [0.717, 1.165) is 104 Å². The lowest BCUT2D eigenvalue weighted by Crippen LogP contribution is -2.40. The zero-order chi connectivity index (χ0) is 32.9. The maximum absolute atomic E-state index is 14.1. The normalized spacial score (nSPS) is 15.9. The van der Waals surface area contributed by atoms with Crippen molar-refractivity contribution in [2.24, 2.45) is 0 Å². The molecule has 3 aromatic carbocycles. The molecular weight excluding hydrogens is 592 g/mol. The summed E-state index contributed by atoms with van der Waals surface area (Å²) < 4.78 is 16.6. The van der Waals surface area contributed by atoms with Crippen LogP contribution in [0.2, 0.25) is 0 Å². The van der Waals surface area contributed by atoms with Crippen LogP contribution in [0.5, 0.6) is 5.75 Å². The Morgan fingerprint density at radius 3 is 2.38 bits per heavy atom. The number of carbonyl (C=O) groups is 1. The Bertz CT molecular complexity index is 1770. The highest BCUT2D eigenvalue weighted by atomic mass is 16.5. The molecular formula is C38H46N4O5. The molecule has 0 unspecified atom stereocenters. The lowest BCUT2D eigenvalue weighted by atomic mass is 9.94. The van der Waals surface area contributed by atoms with Crippen LogP contribution < -0.4 is 20.5 Å². The molecule has 2 aliphatic heterocycles. The summed E-state index contributed by atoms with van der Waals surface area (Å²) in [4.78, 5) is 35.0. The van der Waals surface area contributed by atoms with E-state index in [0.29, 0.717) is 22.9 Å². The van der Waals surface area contributed by atoms with E-state index in [1.54, 1.807) is 7.11 Å². The molecule has 3 heterocycles. The van der Waals surface area contributed by atoms with Crippen LogP contribution in [0.3, 0.4) is 0 Å². The Kier molecular flexibility index (Phi) is 10.3. The molecule has 0 spiro atoms. The number of hydrogen-bond donors (Lipinski definition) is 2. The minimum absolute atomic E-state index is 0.0881. The van der Waals surface area contributed by atoms with Gasteiger partial charge in [0.15, 0.2) is 0 Å². The topological polar surface area (TPSA) is 96.1 Å². The zero-order valence-corrected chi connectivity index (χ0v) is 28.0. The standard InChI is InChI=1S/C38H46N4O5/c1-5-42(30-12-16-46-17-13-30)36-21-29(28-8-6-27(7-9-28)24-41-14-18-47-19-15-41)20-33(25(36)2)37(43)39-23-35-34-22-31(45-4)10-11-32(34)26(3)40-38(35)44/h6-11,20-22,30H,5,12-19,23-24H2,1-4H3,(H,39,43)(H,40,44). The molecule has 0 aliphatic carbocycles. The van der Waals surface area contributed by atoms with Gasteiger partial charge in [-0.15, -0.1) is 0 Å². The third-order valence-electron chi connectivity index (χ3n) is 9.66. The average Bonchev–Trinajstić information content (AvgIpc) is 3.10. The van der Waals surface area contributed by atoms with Crippen LogP contribution in [0, 0.1) is 13.8 Å². The van der Waals surface area contributed by atoms with Crippen molar-refractivity contribution in [3.05, 3.63) is 92.9 Å². The van der Waals surface area contributed by atoms with E-state index >= 15 is 0 Å². The summed E-state index contributed by atoms with van der Waals surface area (Å²) in [7, 11) is 1.60. The van der Waals surface area contributed by atoms with Gasteiger partial charge in [0.25, 0.3) is 11.5 Å². The summed E-state index contributed by atoms with van der Waals surface area (Å²) in [6.07, 6.45) is 1.89. The van der Waals surface area contributed by atoms with Crippen molar-refractivity contribution < 1.29 is 19.0 Å². The zero-order valence-electron chi connectivity index (χ0n) is 28.0. The number of hydrogen-bond acceptors (Lipinski definition) is 7. The second-order valence-corrected chi connectivity index (χ2v) is 12.5. The fourth-order valence-corrected chi connectivity index (χ4v) is 6.94. The van der Waals surface area contributed by atoms with Gasteiger partial charge >= 0.3 is 0 Å². The van der Waals surface area contributed by atoms with Gasteiger partial charge in [-0.05, 0) is 91.6 Å². The summed E-state index contributed by atoms with van der Waals surface area (Å²) in [5.41, 5.74) is 6.94. The van der Waals surface area contributed by atoms with Gasteiger partial charge in [-0.1, -0.05) is 24.3 Å². The summed E-state index contributed by atoms with van der Waals surface area (Å²) in [6.45, 7) is 12.8. The Morgan fingerprint density at radius 1 is 0.957 bits per heavy atom. The van der Waals surface area contributed by atoms with Crippen molar-refractivity contribution in [1.29, 1.82) is 0 Å². The van der Waals surface area contributed by atoms with E-state index in [4.69, 9.17) is 14.2 Å². The van der Waals surface area contributed by atoms with Gasteiger partial charge in [0.2, 0.25) is 0 Å². The number of amides is 1. The number of anilines is 1. The van der Waals surface area contributed by atoms with Crippen molar-refractivity contribution in [3.63, 3.8) is 0 Å². The second-order valence-electron chi connectivity index (χ2n) is 12.5. The quantitative estimate of drug-likeness (QED) is 0.234. The number of nitrogens with zero attached hydrogens (tertiary/aromatic N) is 2. The van der Waals surface area contributed by atoms with Gasteiger partial charge in [0.05, 0.1) is 20.3 Å². The van der Waals surface area contributed by atoms with Gasteiger partial charge in [-0.25, -0.2) is 0 Å². The van der Waals surface area contributed by atoms with E-state index in [-0.39, 0.29) is 18.0 Å². The number of nitrogens with one attached hydrogen (secondary N) is 2.